The molecule has 0 N–H and O–H groups in total. The van der Waals surface area contributed by atoms with Gasteiger partial charge in [0.05, 0.1) is 0 Å². The minimum Gasteiger partial charge on any atom is -0.0792 e. The van der Waals surface area contributed by atoms with E-state index in [-0.39, 0.29) is 0 Å². The van der Waals surface area contributed by atoms with E-state index in [4.69, 9.17) is 6.58 Å². The van der Waals surface area contributed by atoms with Crippen molar-refractivity contribution >= 4 is 0 Å². The van der Waals surface area contributed by atoms with Gasteiger partial charge in [-0.05, 0) is 30.9 Å². The Balaban J connectivity index is 3.75. The minimum atomic E-state index is 1.27. The fourth-order valence-electron chi connectivity index (χ4n) is 0.239. The first-order valence-electron chi connectivity index (χ1n) is 2.57. The summed E-state index contributed by atoms with van der Waals surface area (Å²) in [6.07, 6.45) is 4.84. The highest BCUT2D eigenvalue weighted by Crippen LogP contribution is 1.63. The lowest BCUT2D eigenvalue weighted by molar-refractivity contribution is 1.76. The molecule has 1 radical (unpaired) electrons. The lowest BCUT2D eigenvalue weighted by Crippen LogP contribution is -1.49. The van der Waals surface area contributed by atoms with Crippen LogP contribution in [0.25, 0.3) is 0 Å². The Labute approximate surface area is 56.3 Å². The molecule has 0 aromatic carbocycles. The molecule has 0 nitrogen and oxygen atoms in total. The molecule has 0 unspecified atom stereocenters. The van der Waals surface area contributed by atoms with E-state index in [1.807, 2.05) is 13.0 Å². The smallest absolute Gasteiger partial charge is 0.0102 e. The molecule has 0 saturated carbocycles. The van der Waals surface area contributed by atoms with Gasteiger partial charge in [-0.15, -0.1) is 0 Å². The van der Waals surface area contributed by atoms with Gasteiger partial charge in [0.25, 0.3) is 0 Å². The van der Waals surface area contributed by atoms with E-state index in [2.05, 4.69) is 23.7 Å². The van der Waals surface area contributed by atoms with Crippen molar-refractivity contribution in [3.63, 3.8) is 0 Å². The van der Waals surface area contributed by atoms with Crippen LogP contribution in [0.2, 0.25) is 0 Å². The molecule has 0 atom stereocenters. The van der Waals surface area contributed by atoms with Crippen molar-refractivity contribution in [2.24, 2.45) is 0 Å². The minimum absolute atomic E-state index is 1.27. The summed E-state index contributed by atoms with van der Waals surface area (Å²) in [5, 5.41) is 0. The third-order valence-corrected chi connectivity index (χ3v) is 0.540. The fourth-order valence-corrected chi connectivity index (χ4v) is 0.239. The Bertz CT molecular complexity index is 210. The Kier molecular flexibility index (Phi) is 5.57. The maximum Gasteiger partial charge on any atom is -0.0102 e. The van der Waals surface area contributed by atoms with E-state index in [1.54, 1.807) is 6.08 Å². The number of rotatable bonds is 0. The quantitative estimate of drug-likeness (QED) is 0.420. The van der Waals surface area contributed by atoms with Crippen LogP contribution in [0.4, 0.5) is 0 Å². The van der Waals surface area contributed by atoms with E-state index >= 15 is 0 Å². The molecule has 0 saturated heterocycles. The second kappa shape index (κ2) is 6.60. The summed E-state index contributed by atoms with van der Waals surface area (Å²) in [4.78, 5) is 0. The molecule has 0 aliphatic carbocycles. The molecule has 0 bridgehead atoms. The summed E-state index contributed by atoms with van der Waals surface area (Å²) in [5.74, 6) is 10.3. The van der Waals surface area contributed by atoms with E-state index in [9.17, 15) is 0 Å². The molecule has 0 heteroatoms. The van der Waals surface area contributed by atoms with Crippen molar-refractivity contribution < 1.29 is 0 Å². The van der Waals surface area contributed by atoms with Gasteiger partial charge in [0.2, 0.25) is 0 Å². The van der Waals surface area contributed by atoms with Crippen molar-refractivity contribution in [2.75, 3.05) is 0 Å². The lowest BCUT2D eigenvalue weighted by atomic mass is 10.5. The summed E-state index contributed by atoms with van der Waals surface area (Å²) in [5.41, 5.74) is 0. The van der Waals surface area contributed by atoms with Crippen molar-refractivity contribution in [1.29, 1.82) is 0 Å². The molecule has 0 aromatic rings. The van der Waals surface area contributed by atoms with E-state index in [0.717, 1.165) is 0 Å². The van der Waals surface area contributed by atoms with Crippen LogP contribution in [-0.4, -0.2) is 0 Å². The van der Waals surface area contributed by atoms with Crippen LogP contribution in [0.1, 0.15) is 6.92 Å². The molecular formula is C9H7. The topological polar surface area (TPSA) is 0 Å². The highest BCUT2D eigenvalue weighted by atomic mass is 13.6. The average molecular weight is 115 g/mol. The van der Waals surface area contributed by atoms with Crippen LogP contribution >= 0.6 is 0 Å². The third-order valence-electron chi connectivity index (χ3n) is 0.540. The molecule has 0 rings (SSSR count). The van der Waals surface area contributed by atoms with Crippen LogP contribution < -0.4 is 0 Å². The number of hydrogen-bond acceptors (Lipinski definition) is 0. The van der Waals surface area contributed by atoms with Crippen molar-refractivity contribution in [3.05, 3.63) is 24.8 Å². The van der Waals surface area contributed by atoms with Crippen LogP contribution in [0.15, 0.2) is 18.2 Å². The van der Waals surface area contributed by atoms with Crippen molar-refractivity contribution in [3.8, 4) is 23.7 Å². The van der Waals surface area contributed by atoms with Crippen LogP contribution in [0.5, 0.6) is 0 Å². The molecule has 0 amide bonds. The molecule has 9 heavy (non-hydrogen) atoms. The first kappa shape index (κ1) is 7.60. The van der Waals surface area contributed by atoms with Crippen molar-refractivity contribution in [1.82, 2.24) is 0 Å². The van der Waals surface area contributed by atoms with Gasteiger partial charge in [-0.3, -0.25) is 0 Å². The normalized spacial score (nSPS) is 6.78. The molecular weight excluding hydrogens is 108 g/mol. The molecule has 0 heterocycles. The molecule has 0 aliphatic rings. The van der Waals surface area contributed by atoms with Crippen LogP contribution in [0.3, 0.4) is 0 Å². The third kappa shape index (κ3) is 6.60. The Morgan fingerprint density at radius 3 is 2.44 bits per heavy atom. The molecule has 0 aliphatic heterocycles. The van der Waals surface area contributed by atoms with Gasteiger partial charge in [-0.2, -0.15) is 0 Å². The Hall–Kier alpha value is -1.40. The second-order valence-corrected chi connectivity index (χ2v) is 1.21. The lowest BCUT2D eigenvalue weighted by Gasteiger charge is -1.58. The highest BCUT2D eigenvalue weighted by Gasteiger charge is 1.52. The van der Waals surface area contributed by atoms with Crippen molar-refractivity contribution in [2.45, 2.75) is 6.92 Å². The van der Waals surface area contributed by atoms with Gasteiger partial charge in [0.1, 0.15) is 0 Å². The Morgan fingerprint density at radius 1 is 1.22 bits per heavy atom. The zero-order chi connectivity index (χ0) is 6.95. The molecule has 0 fully saturated rings. The summed E-state index contributed by atoms with van der Waals surface area (Å²) in [7, 11) is 0. The zero-order valence-electron chi connectivity index (χ0n) is 5.31. The summed E-state index contributed by atoms with van der Waals surface area (Å²) in [6.45, 7) is 6.86. The van der Waals surface area contributed by atoms with E-state index < -0.39 is 0 Å². The largest absolute Gasteiger partial charge is 0.0792 e. The van der Waals surface area contributed by atoms with Gasteiger partial charge < -0.3 is 0 Å². The zero-order valence-corrected chi connectivity index (χ0v) is 5.31. The number of hydrogen-bond donors (Lipinski definition) is 0. The monoisotopic (exact) mass is 115 g/mol. The average Bonchev–Trinajstić information content (AvgIpc) is 1.89. The molecule has 43 valence electrons. The summed E-state index contributed by atoms with van der Waals surface area (Å²) >= 11 is 0. The highest BCUT2D eigenvalue weighted by molar-refractivity contribution is 5.32. The molecule has 0 aromatic heterocycles. The van der Waals surface area contributed by atoms with Gasteiger partial charge in [-0.25, -0.2) is 0 Å². The van der Waals surface area contributed by atoms with Gasteiger partial charge in [0, 0.05) is 0 Å². The van der Waals surface area contributed by atoms with Gasteiger partial charge in [-0.1, -0.05) is 24.5 Å². The maximum atomic E-state index is 4.96. The first-order chi connectivity index (χ1) is 4.41. The predicted octanol–water partition coefficient (Wildman–Crippen LogP) is 1.56. The number of allylic oxidation sites excluding steroid dienone is 3. The first-order valence-corrected chi connectivity index (χ1v) is 2.57. The molecule has 0 spiro atoms. The summed E-state index contributed by atoms with van der Waals surface area (Å²) in [6, 6.07) is 0. The predicted molar refractivity (Wildman–Crippen MR) is 39.2 cm³/mol. The van der Waals surface area contributed by atoms with Crippen LogP contribution in [-0.2, 0) is 0 Å². The van der Waals surface area contributed by atoms with Crippen LogP contribution in [0, 0.1) is 30.3 Å². The maximum absolute atomic E-state index is 4.96. The SMILES string of the molecule is [CH]=CC#CC#CC=CC. The standard InChI is InChI=1S/C9H7/c1-3-5-7-9-8-6-4-2/h1,3-4,6H,2H3. The summed E-state index contributed by atoms with van der Waals surface area (Å²) < 4.78 is 0. The van der Waals surface area contributed by atoms with Gasteiger partial charge >= 0.3 is 0 Å². The van der Waals surface area contributed by atoms with Gasteiger partial charge in [0.15, 0.2) is 0 Å². The van der Waals surface area contributed by atoms with E-state index in [0.29, 0.717) is 0 Å². The fraction of sp³-hybridized carbons (Fsp3) is 0.111. The Morgan fingerprint density at radius 2 is 1.89 bits per heavy atom. The van der Waals surface area contributed by atoms with E-state index in [1.165, 1.54) is 6.08 Å². The second-order valence-electron chi connectivity index (χ2n) is 1.21.